The zero-order chi connectivity index (χ0) is 44.4. The molecule has 0 radical (unpaired) electrons. The molecule has 0 aliphatic heterocycles. The summed E-state index contributed by atoms with van der Waals surface area (Å²) in [6.45, 7) is 4.63. The predicted molar refractivity (Wildman–Crippen MR) is 277 cm³/mol. The first-order valence-corrected chi connectivity index (χ1v) is 23.0. The van der Waals surface area contributed by atoms with E-state index in [1.165, 1.54) is 76.6 Å². The van der Waals surface area contributed by atoms with Crippen molar-refractivity contribution in [1.29, 1.82) is 0 Å². The molecule has 0 amide bonds. The lowest BCUT2D eigenvalue weighted by atomic mass is 9.82. The lowest BCUT2D eigenvalue weighted by Gasteiger charge is -2.21. The number of hydrogen-bond acceptors (Lipinski definition) is 3. The maximum Gasteiger partial charge on any atom is 0.238 e. The van der Waals surface area contributed by atoms with Crippen molar-refractivity contribution in [1.82, 2.24) is 24.1 Å². The van der Waals surface area contributed by atoms with Crippen molar-refractivity contribution in [2.75, 3.05) is 0 Å². The zero-order valence-corrected chi connectivity index (χ0v) is 36.9. The van der Waals surface area contributed by atoms with Gasteiger partial charge in [-0.25, -0.2) is 4.98 Å². The Morgan fingerprint density at radius 2 is 0.955 bits per heavy atom. The van der Waals surface area contributed by atoms with Crippen LogP contribution in [0.1, 0.15) is 25.0 Å². The fraction of sp³-hybridized carbons (Fsp3) is 0.0484. The van der Waals surface area contributed by atoms with Gasteiger partial charge < -0.3 is 4.57 Å². The summed E-state index contributed by atoms with van der Waals surface area (Å²) >= 11 is 0. The summed E-state index contributed by atoms with van der Waals surface area (Å²) in [7, 11) is 0. The van der Waals surface area contributed by atoms with Crippen LogP contribution in [0.4, 0.5) is 0 Å². The van der Waals surface area contributed by atoms with E-state index in [0.717, 1.165) is 38.8 Å². The second kappa shape index (κ2) is 14.2. The molecule has 14 rings (SSSR count). The molecule has 0 atom stereocenters. The van der Waals surface area contributed by atoms with E-state index in [1.807, 2.05) is 18.2 Å². The molecule has 1 aliphatic carbocycles. The van der Waals surface area contributed by atoms with Gasteiger partial charge in [-0.2, -0.15) is 9.97 Å². The molecule has 0 spiro atoms. The van der Waals surface area contributed by atoms with Crippen molar-refractivity contribution in [3.05, 3.63) is 223 Å². The molecule has 0 saturated heterocycles. The highest BCUT2D eigenvalue weighted by atomic mass is 15.2. The van der Waals surface area contributed by atoms with Crippen LogP contribution in [0.3, 0.4) is 0 Å². The fourth-order valence-electron chi connectivity index (χ4n) is 11.3. The Morgan fingerprint density at radius 3 is 1.79 bits per heavy atom. The predicted octanol–water partition coefficient (Wildman–Crippen LogP) is 15.7. The third-order valence-electron chi connectivity index (χ3n) is 14.4. The largest absolute Gasteiger partial charge is 0.309 e. The van der Waals surface area contributed by atoms with Gasteiger partial charge in [-0.15, -0.1) is 0 Å². The van der Waals surface area contributed by atoms with Gasteiger partial charge in [0.1, 0.15) is 0 Å². The van der Waals surface area contributed by atoms with E-state index >= 15 is 0 Å². The second-order valence-corrected chi connectivity index (χ2v) is 18.4. The van der Waals surface area contributed by atoms with E-state index in [2.05, 4.69) is 217 Å². The van der Waals surface area contributed by atoms with Crippen LogP contribution in [0, 0.1) is 0 Å². The van der Waals surface area contributed by atoms with Gasteiger partial charge in [0.25, 0.3) is 0 Å². The Kier molecular flexibility index (Phi) is 7.97. The Bertz CT molecular complexity index is 4180. The molecule has 0 fully saturated rings. The summed E-state index contributed by atoms with van der Waals surface area (Å²) in [5.74, 6) is 1.85. The topological polar surface area (TPSA) is 48.5 Å². The molecule has 0 bridgehead atoms. The molecule has 3 heterocycles. The molecule has 0 N–H and O–H groups in total. The van der Waals surface area contributed by atoms with E-state index in [4.69, 9.17) is 15.0 Å². The van der Waals surface area contributed by atoms with E-state index in [0.29, 0.717) is 17.6 Å². The first kappa shape index (κ1) is 37.7. The van der Waals surface area contributed by atoms with Crippen LogP contribution in [0.2, 0.25) is 0 Å². The molecule has 1 aliphatic rings. The molecule has 10 aromatic carbocycles. The average Bonchev–Trinajstić information content (AvgIpc) is 3.99. The van der Waals surface area contributed by atoms with Crippen molar-refractivity contribution < 1.29 is 0 Å². The minimum absolute atomic E-state index is 0.167. The van der Waals surface area contributed by atoms with Crippen molar-refractivity contribution in [3.8, 4) is 56.7 Å². The Hall–Kier alpha value is -8.67. The van der Waals surface area contributed by atoms with E-state index in [-0.39, 0.29) is 5.41 Å². The summed E-state index contributed by atoms with van der Waals surface area (Å²) in [5.41, 5.74) is 14.8. The number of nitrogens with zero attached hydrogens (tertiary/aromatic N) is 5. The van der Waals surface area contributed by atoms with Crippen LogP contribution in [0.25, 0.3) is 122 Å². The molecule has 5 heteroatoms. The van der Waals surface area contributed by atoms with Gasteiger partial charge in [0, 0.05) is 43.8 Å². The van der Waals surface area contributed by atoms with Crippen LogP contribution in [-0.4, -0.2) is 24.1 Å². The standard InChI is InChI=1S/C62H41N5/c1-62(2)51-27-15-13-24-45(51)46-32-29-41(36-52(46)62)60-63-59(39-18-5-3-6-19-39)64-61(65-60)67-54-33-31-40(35-50(54)57-43-22-10-9-17-38(43)30-34-55(57)67)49-37-56-58(47-25-12-11-23-44(47)49)48-26-14-16-28-53(48)66(56)42-20-7-4-8-21-42/h3-37H,1-2H3. The number of benzene rings is 10. The summed E-state index contributed by atoms with van der Waals surface area (Å²) in [4.78, 5) is 16.0. The second-order valence-electron chi connectivity index (χ2n) is 18.4. The number of hydrogen-bond donors (Lipinski definition) is 0. The summed E-state index contributed by atoms with van der Waals surface area (Å²) in [5, 5.41) is 9.63. The highest BCUT2D eigenvalue weighted by molar-refractivity contribution is 6.25. The highest BCUT2D eigenvalue weighted by Gasteiger charge is 2.35. The van der Waals surface area contributed by atoms with Gasteiger partial charge >= 0.3 is 0 Å². The van der Waals surface area contributed by atoms with E-state index in [1.54, 1.807) is 0 Å². The fourth-order valence-corrected chi connectivity index (χ4v) is 11.3. The quantitative estimate of drug-likeness (QED) is 0.173. The van der Waals surface area contributed by atoms with Gasteiger partial charge in [0.15, 0.2) is 11.6 Å². The third-order valence-corrected chi connectivity index (χ3v) is 14.4. The van der Waals surface area contributed by atoms with Crippen LogP contribution in [0.15, 0.2) is 212 Å². The van der Waals surface area contributed by atoms with Crippen LogP contribution in [0.5, 0.6) is 0 Å². The number of aromatic nitrogens is 5. The average molecular weight is 856 g/mol. The van der Waals surface area contributed by atoms with Crippen molar-refractivity contribution >= 4 is 65.2 Å². The molecular weight excluding hydrogens is 815 g/mol. The maximum absolute atomic E-state index is 5.43. The SMILES string of the molecule is CC1(C)c2ccccc2-c2ccc(-c3nc(-c4ccccc4)nc(-n4c5ccc(-c6cc7c(c8ccccc68)c6ccccc6n7-c6ccccc6)cc5c5c6ccccc6ccc54)n3)cc21. The van der Waals surface area contributed by atoms with Crippen LogP contribution in [-0.2, 0) is 5.41 Å². The molecule has 0 saturated carbocycles. The zero-order valence-electron chi connectivity index (χ0n) is 36.9. The summed E-state index contributed by atoms with van der Waals surface area (Å²) in [6.07, 6.45) is 0. The molecule has 13 aromatic rings. The van der Waals surface area contributed by atoms with E-state index in [9.17, 15) is 0 Å². The third kappa shape index (κ3) is 5.52. The van der Waals surface area contributed by atoms with Crippen molar-refractivity contribution in [2.45, 2.75) is 19.3 Å². The first-order chi connectivity index (χ1) is 33.0. The lowest BCUT2D eigenvalue weighted by molar-refractivity contribution is 0.660. The Balaban J connectivity index is 1.03. The molecule has 314 valence electrons. The van der Waals surface area contributed by atoms with Gasteiger partial charge in [-0.3, -0.25) is 4.57 Å². The number of fused-ring (bicyclic) bond motifs is 13. The van der Waals surface area contributed by atoms with Gasteiger partial charge in [-0.05, 0) is 103 Å². The van der Waals surface area contributed by atoms with Gasteiger partial charge in [0.2, 0.25) is 5.95 Å². The smallest absolute Gasteiger partial charge is 0.238 e. The monoisotopic (exact) mass is 855 g/mol. The maximum atomic E-state index is 5.43. The van der Waals surface area contributed by atoms with Gasteiger partial charge in [0.05, 0.1) is 22.1 Å². The minimum atomic E-state index is -0.167. The van der Waals surface area contributed by atoms with E-state index < -0.39 is 0 Å². The normalized spacial score (nSPS) is 13.0. The number of rotatable bonds is 5. The molecule has 3 aromatic heterocycles. The lowest BCUT2D eigenvalue weighted by Crippen LogP contribution is -2.15. The Labute approximate surface area is 386 Å². The highest BCUT2D eigenvalue weighted by Crippen LogP contribution is 2.50. The summed E-state index contributed by atoms with van der Waals surface area (Å²) < 4.78 is 4.67. The summed E-state index contributed by atoms with van der Waals surface area (Å²) in [6, 6.07) is 76.7. The van der Waals surface area contributed by atoms with Crippen molar-refractivity contribution in [3.63, 3.8) is 0 Å². The molecular formula is C62H41N5. The molecule has 5 nitrogen and oxygen atoms in total. The molecule has 0 unspecified atom stereocenters. The minimum Gasteiger partial charge on any atom is -0.309 e. The first-order valence-electron chi connectivity index (χ1n) is 23.0. The molecule has 67 heavy (non-hydrogen) atoms. The van der Waals surface area contributed by atoms with Gasteiger partial charge in [-0.1, -0.05) is 178 Å². The number of para-hydroxylation sites is 2. The van der Waals surface area contributed by atoms with Crippen LogP contribution >= 0.6 is 0 Å². The van der Waals surface area contributed by atoms with Crippen molar-refractivity contribution in [2.24, 2.45) is 0 Å². The Morgan fingerprint density at radius 1 is 0.343 bits per heavy atom. The van der Waals surface area contributed by atoms with Crippen LogP contribution < -0.4 is 0 Å².